The summed E-state index contributed by atoms with van der Waals surface area (Å²) in [6.45, 7) is 0.509. The zero-order chi connectivity index (χ0) is 12.8. The van der Waals surface area contributed by atoms with E-state index in [4.69, 9.17) is 4.42 Å². The fraction of sp³-hybridized carbons (Fsp3) is 0.0714. The van der Waals surface area contributed by atoms with Crippen molar-refractivity contribution in [3.05, 3.63) is 64.5 Å². The van der Waals surface area contributed by atoms with E-state index >= 15 is 0 Å². The van der Waals surface area contributed by atoms with E-state index in [1.165, 1.54) is 6.08 Å². The Morgan fingerprint density at radius 1 is 1.28 bits per heavy atom. The van der Waals surface area contributed by atoms with E-state index in [1.807, 2.05) is 24.3 Å². The number of nitrogens with one attached hydrogen (secondary N) is 1. The molecule has 0 saturated carbocycles. The molecule has 2 aromatic rings. The summed E-state index contributed by atoms with van der Waals surface area (Å²) in [5, 5.41) is 2.80. The van der Waals surface area contributed by atoms with Crippen LogP contribution in [0.5, 0.6) is 0 Å². The van der Waals surface area contributed by atoms with E-state index in [0.29, 0.717) is 12.3 Å². The van der Waals surface area contributed by atoms with Crippen molar-refractivity contribution in [3.63, 3.8) is 0 Å². The molecule has 18 heavy (non-hydrogen) atoms. The average Bonchev–Trinajstić information content (AvgIpc) is 2.89. The minimum atomic E-state index is -0.144. The highest BCUT2D eigenvalue weighted by Gasteiger charge is 1.97. The van der Waals surface area contributed by atoms with Gasteiger partial charge in [0.05, 0.1) is 6.26 Å². The fourth-order valence-corrected chi connectivity index (χ4v) is 1.66. The largest absolute Gasteiger partial charge is 0.465 e. The number of benzene rings is 1. The van der Waals surface area contributed by atoms with Crippen molar-refractivity contribution < 1.29 is 9.21 Å². The zero-order valence-corrected chi connectivity index (χ0v) is 11.2. The monoisotopic (exact) mass is 305 g/mol. The van der Waals surface area contributed by atoms with Crippen LogP contribution in [0.1, 0.15) is 11.3 Å². The van der Waals surface area contributed by atoms with Crippen molar-refractivity contribution in [1.82, 2.24) is 5.32 Å². The Kier molecular flexibility index (Phi) is 4.36. The molecule has 0 fully saturated rings. The molecule has 0 unspecified atom stereocenters. The SMILES string of the molecule is O=C(/C=C/c1ccco1)NCc1ccc(Br)cc1. The number of furan rings is 1. The average molecular weight is 306 g/mol. The van der Waals surface area contributed by atoms with Crippen molar-refractivity contribution >= 4 is 27.9 Å². The lowest BCUT2D eigenvalue weighted by Gasteiger charge is -2.02. The minimum absolute atomic E-state index is 0.144. The van der Waals surface area contributed by atoms with Gasteiger partial charge < -0.3 is 9.73 Å². The van der Waals surface area contributed by atoms with E-state index in [2.05, 4.69) is 21.2 Å². The number of rotatable bonds is 4. The van der Waals surface area contributed by atoms with Crippen molar-refractivity contribution in [3.8, 4) is 0 Å². The first-order valence-electron chi connectivity index (χ1n) is 5.48. The lowest BCUT2D eigenvalue weighted by molar-refractivity contribution is -0.116. The minimum Gasteiger partial charge on any atom is -0.465 e. The summed E-state index contributed by atoms with van der Waals surface area (Å²) in [7, 11) is 0. The molecule has 92 valence electrons. The fourth-order valence-electron chi connectivity index (χ4n) is 1.39. The van der Waals surface area contributed by atoms with Crippen LogP contribution in [-0.2, 0) is 11.3 Å². The molecule has 1 N–H and O–H groups in total. The van der Waals surface area contributed by atoms with Crippen molar-refractivity contribution in [2.75, 3.05) is 0 Å². The van der Waals surface area contributed by atoms with E-state index < -0.39 is 0 Å². The van der Waals surface area contributed by atoms with Gasteiger partial charge in [0.2, 0.25) is 5.91 Å². The van der Waals surface area contributed by atoms with Gasteiger partial charge in [-0.3, -0.25) is 4.79 Å². The van der Waals surface area contributed by atoms with Crippen molar-refractivity contribution in [1.29, 1.82) is 0 Å². The van der Waals surface area contributed by atoms with Crippen molar-refractivity contribution in [2.24, 2.45) is 0 Å². The number of halogens is 1. The number of hydrogen-bond acceptors (Lipinski definition) is 2. The Bertz CT molecular complexity index is 529. The molecular formula is C14H12BrNO2. The van der Waals surface area contributed by atoms with Crippen LogP contribution in [0.2, 0.25) is 0 Å². The summed E-state index contributed by atoms with van der Waals surface area (Å²) in [4.78, 5) is 11.5. The van der Waals surface area contributed by atoms with Crippen LogP contribution >= 0.6 is 15.9 Å². The highest BCUT2D eigenvalue weighted by Crippen LogP contribution is 2.10. The van der Waals surface area contributed by atoms with Gasteiger partial charge in [0.1, 0.15) is 5.76 Å². The second kappa shape index (κ2) is 6.21. The predicted octanol–water partition coefficient (Wildman–Crippen LogP) is 3.37. The van der Waals surface area contributed by atoms with Crippen LogP contribution in [0, 0.1) is 0 Å². The quantitative estimate of drug-likeness (QED) is 0.880. The Hall–Kier alpha value is -1.81. The topological polar surface area (TPSA) is 42.2 Å². The smallest absolute Gasteiger partial charge is 0.244 e. The maximum absolute atomic E-state index is 11.5. The molecule has 0 aliphatic rings. The lowest BCUT2D eigenvalue weighted by Crippen LogP contribution is -2.20. The molecule has 0 bridgehead atoms. The second-order valence-electron chi connectivity index (χ2n) is 3.69. The van der Waals surface area contributed by atoms with E-state index in [1.54, 1.807) is 24.5 Å². The predicted molar refractivity (Wildman–Crippen MR) is 73.7 cm³/mol. The number of hydrogen-bond donors (Lipinski definition) is 1. The molecule has 0 aliphatic carbocycles. The normalized spacial score (nSPS) is 10.7. The molecule has 0 saturated heterocycles. The van der Waals surface area contributed by atoms with Crippen LogP contribution in [-0.4, -0.2) is 5.91 Å². The van der Waals surface area contributed by atoms with Gasteiger partial charge in [0.25, 0.3) is 0 Å². The Morgan fingerprint density at radius 2 is 2.06 bits per heavy atom. The maximum Gasteiger partial charge on any atom is 0.244 e. The highest BCUT2D eigenvalue weighted by molar-refractivity contribution is 9.10. The van der Waals surface area contributed by atoms with Gasteiger partial charge in [-0.25, -0.2) is 0 Å². The van der Waals surface area contributed by atoms with E-state index in [9.17, 15) is 4.79 Å². The molecule has 2 rings (SSSR count). The van der Waals surface area contributed by atoms with E-state index in [0.717, 1.165) is 10.0 Å². The molecule has 1 aromatic carbocycles. The van der Waals surface area contributed by atoms with Gasteiger partial charge in [-0.1, -0.05) is 28.1 Å². The lowest BCUT2D eigenvalue weighted by atomic mass is 10.2. The summed E-state index contributed by atoms with van der Waals surface area (Å²) in [6.07, 6.45) is 4.66. The molecule has 0 aliphatic heterocycles. The van der Waals surface area contributed by atoms with Gasteiger partial charge in [-0.05, 0) is 35.9 Å². The third-order valence-corrected chi connectivity index (χ3v) is 2.85. The maximum atomic E-state index is 11.5. The molecule has 1 aromatic heterocycles. The summed E-state index contributed by atoms with van der Waals surface area (Å²) in [5.41, 5.74) is 1.05. The second-order valence-corrected chi connectivity index (χ2v) is 4.61. The number of carbonyl (C=O) groups excluding carboxylic acids is 1. The van der Waals surface area contributed by atoms with Crippen LogP contribution in [0.4, 0.5) is 0 Å². The Morgan fingerprint density at radius 3 is 2.72 bits per heavy atom. The third kappa shape index (κ3) is 3.89. The summed E-state index contributed by atoms with van der Waals surface area (Å²) in [6, 6.07) is 11.4. The van der Waals surface area contributed by atoms with E-state index in [-0.39, 0.29) is 5.91 Å². The molecule has 1 heterocycles. The molecule has 0 spiro atoms. The summed E-state index contributed by atoms with van der Waals surface area (Å²) in [5.74, 6) is 0.517. The first-order chi connectivity index (χ1) is 8.74. The van der Waals surface area contributed by atoms with Gasteiger partial charge in [-0.15, -0.1) is 0 Å². The highest BCUT2D eigenvalue weighted by atomic mass is 79.9. The molecule has 0 atom stereocenters. The van der Waals surface area contributed by atoms with Crippen LogP contribution in [0.25, 0.3) is 6.08 Å². The summed E-state index contributed by atoms with van der Waals surface area (Å²) < 4.78 is 6.11. The zero-order valence-electron chi connectivity index (χ0n) is 9.60. The summed E-state index contributed by atoms with van der Waals surface area (Å²) >= 11 is 3.36. The Balaban J connectivity index is 1.83. The van der Waals surface area contributed by atoms with Crippen LogP contribution in [0.15, 0.2) is 57.6 Å². The standard InChI is InChI=1S/C14H12BrNO2/c15-12-5-3-11(4-6-12)10-16-14(17)8-7-13-2-1-9-18-13/h1-9H,10H2,(H,16,17)/b8-7+. The van der Waals surface area contributed by atoms with Gasteiger partial charge >= 0.3 is 0 Å². The van der Waals surface area contributed by atoms with Crippen molar-refractivity contribution in [2.45, 2.75) is 6.54 Å². The number of amides is 1. The number of carbonyl (C=O) groups is 1. The van der Waals surface area contributed by atoms with Gasteiger partial charge in [0, 0.05) is 17.1 Å². The van der Waals surface area contributed by atoms with Crippen LogP contribution in [0.3, 0.4) is 0 Å². The first kappa shape index (κ1) is 12.6. The molecule has 1 amide bonds. The van der Waals surface area contributed by atoms with Gasteiger partial charge in [-0.2, -0.15) is 0 Å². The third-order valence-electron chi connectivity index (χ3n) is 2.32. The van der Waals surface area contributed by atoms with Crippen LogP contribution < -0.4 is 5.32 Å². The Labute approximate surface area is 114 Å². The molecule has 3 nitrogen and oxygen atoms in total. The first-order valence-corrected chi connectivity index (χ1v) is 6.27. The molecule has 0 radical (unpaired) electrons. The molecule has 4 heteroatoms. The molecular weight excluding hydrogens is 294 g/mol. The van der Waals surface area contributed by atoms with Gasteiger partial charge in [0.15, 0.2) is 0 Å².